The van der Waals surface area contributed by atoms with Gasteiger partial charge in [-0.15, -0.1) is 0 Å². The third kappa shape index (κ3) is 5.82. The van der Waals surface area contributed by atoms with Crippen molar-refractivity contribution in [1.82, 2.24) is 0 Å². The predicted octanol–water partition coefficient (Wildman–Crippen LogP) is 5.78. The number of carbonyl (C=O) groups is 1. The van der Waals surface area contributed by atoms with Gasteiger partial charge in [-0.05, 0) is 54.4 Å². The normalized spacial score (nSPS) is 10.5. The highest BCUT2D eigenvalue weighted by atomic mass is 35.5. The molecular formula is C24H23ClFNO5. The van der Waals surface area contributed by atoms with E-state index in [0.29, 0.717) is 41.1 Å². The van der Waals surface area contributed by atoms with Gasteiger partial charge >= 0.3 is 5.97 Å². The van der Waals surface area contributed by atoms with Crippen LogP contribution in [-0.2, 0) is 13.2 Å². The Bertz CT molecular complexity index is 1090. The molecule has 0 saturated heterocycles. The summed E-state index contributed by atoms with van der Waals surface area (Å²) in [6, 6.07) is 14.0. The topological polar surface area (TPSA) is 77.0 Å². The molecule has 168 valence electrons. The summed E-state index contributed by atoms with van der Waals surface area (Å²) in [7, 11) is 1.51. The SMILES string of the molecule is CCOc1cc(CNc2cc(C(=O)O)ccc2OC)c(Cl)cc1OCc1ccc(F)cc1. The molecule has 3 aromatic carbocycles. The van der Waals surface area contributed by atoms with Gasteiger partial charge in [-0.1, -0.05) is 23.7 Å². The Morgan fingerprint density at radius 1 is 1.03 bits per heavy atom. The van der Waals surface area contributed by atoms with E-state index in [1.807, 2.05) is 6.92 Å². The zero-order valence-corrected chi connectivity index (χ0v) is 18.4. The van der Waals surface area contributed by atoms with Gasteiger partial charge in [-0.2, -0.15) is 0 Å². The summed E-state index contributed by atoms with van der Waals surface area (Å²) in [5, 5.41) is 12.8. The Hall–Kier alpha value is -3.45. The van der Waals surface area contributed by atoms with E-state index in [9.17, 15) is 14.3 Å². The van der Waals surface area contributed by atoms with Gasteiger partial charge in [-0.3, -0.25) is 0 Å². The van der Waals surface area contributed by atoms with Crippen molar-refractivity contribution in [2.75, 3.05) is 19.0 Å². The highest BCUT2D eigenvalue weighted by Gasteiger charge is 2.14. The van der Waals surface area contributed by atoms with E-state index < -0.39 is 5.97 Å². The maximum Gasteiger partial charge on any atom is 0.335 e. The minimum atomic E-state index is -1.03. The van der Waals surface area contributed by atoms with E-state index in [0.717, 1.165) is 11.1 Å². The highest BCUT2D eigenvalue weighted by Crippen LogP contribution is 2.35. The number of rotatable bonds is 10. The molecule has 3 aromatic rings. The molecule has 0 fully saturated rings. The first-order chi connectivity index (χ1) is 15.4. The summed E-state index contributed by atoms with van der Waals surface area (Å²) in [6.45, 7) is 2.82. The first-order valence-electron chi connectivity index (χ1n) is 9.89. The number of nitrogens with one attached hydrogen (secondary N) is 1. The third-order valence-electron chi connectivity index (χ3n) is 4.64. The Labute approximate surface area is 190 Å². The number of hydrogen-bond acceptors (Lipinski definition) is 5. The van der Waals surface area contributed by atoms with Gasteiger partial charge in [0.1, 0.15) is 18.2 Å². The zero-order valence-electron chi connectivity index (χ0n) is 17.7. The fraction of sp³-hybridized carbons (Fsp3) is 0.208. The van der Waals surface area contributed by atoms with Gasteiger partial charge in [0.15, 0.2) is 11.5 Å². The highest BCUT2D eigenvalue weighted by molar-refractivity contribution is 6.31. The molecule has 0 unspecified atom stereocenters. The maximum absolute atomic E-state index is 13.1. The Morgan fingerprint density at radius 3 is 2.41 bits per heavy atom. The smallest absolute Gasteiger partial charge is 0.335 e. The van der Waals surface area contributed by atoms with Crippen LogP contribution >= 0.6 is 11.6 Å². The lowest BCUT2D eigenvalue weighted by Gasteiger charge is -2.16. The maximum atomic E-state index is 13.1. The fourth-order valence-corrected chi connectivity index (χ4v) is 3.23. The van der Waals surface area contributed by atoms with E-state index in [4.69, 9.17) is 25.8 Å². The standard InChI is InChI=1S/C24H23ClFNO5/c1-3-31-22-11-17(13-27-20-10-16(24(28)29)6-9-21(20)30-2)19(25)12-23(22)32-14-15-4-7-18(26)8-5-15/h4-12,27H,3,13-14H2,1-2H3,(H,28,29). The van der Waals surface area contributed by atoms with Crippen LogP contribution in [0.2, 0.25) is 5.02 Å². The monoisotopic (exact) mass is 459 g/mol. The fourth-order valence-electron chi connectivity index (χ4n) is 3.01. The van der Waals surface area contributed by atoms with E-state index >= 15 is 0 Å². The van der Waals surface area contributed by atoms with E-state index in [1.165, 1.54) is 31.4 Å². The second kappa shape index (κ2) is 10.7. The first kappa shape index (κ1) is 23.2. The number of ether oxygens (including phenoxy) is 3. The van der Waals surface area contributed by atoms with Gasteiger partial charge in [0.05, 0.1) is 25.0 Å². The lowest BCUT2D eigenvalue weighted by atomic mass is 10.1. The molecule has 0 heterocycles. The lowest BCUT2D eigenvalue weighted by molar-refractivity contribution is 0.0697. The number of anilines is 1. The summed E-state index contributed by atoms with van der Waals surface area (Å²) < 4.78 is 30.0. The average Bonchev–Trinajstić information content (AvgIpc) is 2.79. The Balaban J connectivity index is 1.79. The van der Waals surface area contributed by atoms with Crippen molar-refractivity contribution < 1.29 is 28.5 Å². The van der Waals surface area contributed by atoms with Gasteiger partial charge in [0.2, 0.25) is 0 Å². The molecule has 2 N–H and O–H groups in total. The molecule has 3 rings (SSSR count). The van der Waals surface area contributed by atoms with Crippen molar-refractivity contribution in [2.45, 2.75) is 20.1 Å². The van der Waals surface area contributed by atoms with Crippen molar-refractivity contribution in [2.24, 2.45) is 0 Å². The van der Waals surface area contributed by atoms with Gasteiger partial charge in [0.25, 0.3) is 0 Å². The number of halogens is 2. The Kier molecular flexibility index (Phi) is 7.78. The van der Waals surface area contributed by atoms with Crippen LogP contribution in [0.4, 0.5) is 10.1 Å². The summed E-state index contributed by atoms with van der Waals surface area (Å²) in [5.41, 5.74) is 2.20. The molecule has 0 amide bonds. The van der Waals surface area contributed by atoms with Crippen LogP contribution in [0, 0.1) is 5.82 Å². The van der Waals surface area contributed by atoms with Crippen molar-refractivity contribution in [3.05, 3.63) is 82.1 Å². The second-order valence-corrected chi connectivity index (χ2v) is 7.22. The molecule has 0 spiro atoms. The van der Waals surface area contributed by atoms with Crippen molar-refractivity contribution in [1.29, 1.82) is 0 Å². The molecular weight excluding hydrogens is 437 g/mol. The molecule has 0 bridgehead atoms. The lowest BCUT2D eigenvalue weighted by Crippen LogP contribution is -2.06. The number of carboxylic acid groups (broad SMARTS) is 1. The summed E-state index contributed by atoms with van der Waals surface area (Å²) in [6.07, 6.45) is 0. The van der Waals surface area contributed by atoms with Crippen LogP contribution in [-0.4, -0.2) is 24.8 Å². The van der Waals surface area contributed by atoms with Crippen LogP contribution in [0.15, 0.2) is 54.6 Å². The van der Waals surface area contributed by atoms with Crippen molar-refractivity contribution >= 4 is 23.3 Å². The van der Waals surface area contributed by atoms with Gasteiger partial charge < -0.3 is 24.6 Å². The van der Waals surface area contributed by atoms with E-state index in [-0.39, 0.29) is 18.0 Å². The van der Waals surface area contributed by atoms with E-state index in [2.05, 4.69) is 5.32 Å². The number of aromatic carboxylic acids is 1. The van der Waals surface area contributed by atoms with Crippen LogP contribution in [0.25, 0.3) is 0 Å². The molecule has 0 atom stereocenters. The predicted molar refractivity (Wildman–Crippen MR) is 121 cm³/mol. The molecule has 0 aromatic heterocycles. The van der Waals surface area contributed by atoms with Crippen molar-refractivity contribution in [3.8, 4) is 17.2 Å². The second-order valence-electron chi connectivity index (χ2n) is 6.81. The Morgan fingerprint density at radius 2 is 1.75 bits per heavy atom. The van der Waals surface area contributed by atoms with Crippen LogP contribution in [0.1, 0.15) is 28.4 Å². The molecule has 0 saturated carbocycles. The number of carboxylic acids is 1. The van der Waals surface area contributed by atoms with Crippen LogP contribution < -0.4 is 19.5 Å². The largest absolute Gasteiger partial charge is 0.495 e. The van der Waals surface area contributed by atoms with Gasteiger partial charge in [-0.25, -0.2) is 9.18 Å². The molecule has 32 heavy (non-hydrogen) atoms. The van der Waals surface area contributed by atoms with E-state index in [1.54, 1.807) is 30.3 Å². The number of benzene rings is 3. The van der Waals surface area contributed by atoms with Crippen LogP contribution in [0.5, 0.6) is 17.2 Å². The first-order valence-corrected chi connectivity index (χ1v) is 10.3. The number of methoxy groups -OCH3 is 1. The quantitative estimate of drug-likeness (QED) is 0.400. The number of hydrogen-bond donors (Lipinski definition) is 2. The van der Waals surface area contributed by atoms with Crippen molar-refractivity contribution in [3.63, 3.8) is 0 Å². The summed E-state index contributed by atoms with van der Waals surface area (Å²) in [5.74, 6) is 0.150. The van der Waals surface area contributed by atoms with Crippen LogP contribution in [0.3, 0.4) is 0 Å². The minimum Gasteiger partial charge on any atom is -0.495 e. The minimum absolute atomic E-state index is 0.138. The molecule has 8 heteroatoms. The molecule has 0 aliphatic heterocycles. The molecule has 0 aliphatic rings. The molecule has 0 radical (unpaired) electrons. The zero-order chi connectivity index (χ0) is 23.1. The molecule has 6 nitrogen and oxygen atoms in total. The third-order valence-corrected chi connectivity index (χ3v) is 4.99. The van der Waals surface area contributed by atoms with Gasteiger partial charge in [0, 0.05) is 17.6 Å². The molecule has 0 aliphatic carbocycles. The summed E-state index contributed by atoms with van der Waals surface area (Å²) >= 11 is 6.48. The average molecular weight is 460 g/mol. The summed E-state index contributed by atoms with van der Waals surface area (Å²) in [4.78, 5) is 11.3.